The van der Waals surface area contributed by atoms with Gasteiger partial charge >= 0.3 is 0 Å². The van der Waals surface area contributed by atoms with E-state index in [4.69, 9.17) is 4.74 Å². The van der Waals surface area contributed by atoms with Gasteiger partial charge in [-0.25, -0.2) is 0 Å². The van der Waals surface area contributed by atoms with Crippen molar-refractivity contribution in [3.63, 3.8) is 0 Å². The van der Waals surface area contributed by atoms with Crippen molar-refractivity contribution in [2.75, 3.05) is 17.7 Å². The Morgan fingerprint density at radius 1 is 1.10 bits per heavy atom. The van der Waals surface area contributed by atoms with Gasteiger partial charge in [-0.15, -0.1) is 22.7 Å². The molecule has 1 aromatic carbocycles. The van der Waals surface area contributed by atoms with Gasteiger partial charge in [0.1, 0.15) is 10.8 Å². The van der Waals surface area contributed by atoms with Crippen LogP contribution < -0.4 is 15.4 Å². The molecule has 2 heterocycles. The fourth-order valence-electron chi connectivity index (χ4n) is 3.58. The molecule has 2 amide bonds. The van der Waals surface area contributed by atoms with Gasteiger partial charge in [0.05, 0.1) is 23.2 Å². The largest absolute Gasteiger partial charge is 0.495 e. The molecule has 0 radical (unpaired) electrons. The monoisotopic (exact) mass is 426 g/mol. The third-order valence-electron chi connectivity index (χ3n) is 5.07. The Morgan fingerprint density at radius 3 is 2.69 bits per heavy atom. The van der Waals surface area contributed by atoms with E-state index in [2.05, 4.69) is 17.6 Å². The molecule has 0 saturated heterocycles. The van der Waals surface area contributed by atoms with Crippen molar-refractivity contribution in [3.8, 4) is 5.75 Å². The van der Waals surface area contributed by atoms with Crippen molar-refractivity contribution in [3.05, 3.63) is 62.7 Å². The van der Waals surface area contributed by atoms with E-state index in [0.29, 0.717) is 32.8 Å². The maximum Gasteiger partial charge on any atom is 0.266 e. The molecule has 2 N–H and O–H groups in total. The topological polar surface area (TPSA) is 67.4 Å². The molecule has 1 aliphatic carbocycles. The number of para-hydroxylation sites is 2. The van der Waals surface area contributed by atoms with Crippen LogP contribution in [-0.2, 0) is 12.8 Å². The van der Waals surface area contributed by atoms with Gasteiger partial charge in [0, 0.05) is 4.88 Å². The summed E-state index contributed by atoms with van der Waals surface area (Å²) in [5.74, 6) is 0.774. The number of benzene rings is 1. The Hall–Kier alpha value is -2.64. The van der Waals surface area contributed by atoms with Crippen molar-refractivity contribution < 1.29 is 14.3 Å². The first kappa shape index (κ1) is 19.7. The average molecular weight is 427 g/mol. The quantitative estimate of drug-likeness (QED) is 0.570. The van der Waals surface area contributed by atoms with Crippen molar-refractivity contribution in [1.29, 1.82) is 0 Å². The van der Waals surface area contributed by atoms with Crippen LogP contribution >= 0.6 is 22.7 Å². The van der Waals surface area contributed by atoms with Crippen LogP contribution in [0.5, 0.6) is 5.75 Å². The number of nitrogens with one attached hydrogen (secondary N) is 2. The highest BCUT2D eigenvalue weighted by Crippen LogP contribution is 2.40. The number of hydrogen-bond donors (Lipinski definition) is 2. The van der Waals surface area contributed by atoms with Gasteiger partial charge in [-0.3, -0.25) is 9.59 Å². The number of carbonyl (C=O) groups excluding carboxylic acids is 2. The predicted octanol–water partition coefficient (Wildman–Crippen LogP) is 5.45. The second-order valence-corrected chi connectivity index (χ2v) is 9.19. The van der Waals surface area contributed by atoms with Gasteiger partial charge in [-0.1, -0.05) is 25.1 Å². The first-order valence-electron chi connectivity index (χ1n) is 9.50. The van der Waals surface area contributed by atoms with Gasteiger partial charge in [0.25, 0.3) is 11.8 Å². The SMILES string of the molecule is COc1ccccc1NC(=O)c1c(NC(=O)c2cccs2)sc2c1CCC(C)C2. The number of methoxy groups -OCH3 is 1. The van der Waals surface area contributed by atoms with E-state index in [9.17, 15) is 9.59 Å². The van der Waals surface area contributed by atoms with Crippen LogP contribution in [0.3, 0.4) is 0 Å². The number of carbonyl (C=O) groups is 2. The third-order valence-corrected chi connectivity index (χ3v) is 7.10. The lowest BCUT2D eigenvalue weighted by Gasteiger charge is -2.19. The van der Waals surface area contributed by atoms with Crippen LogP contribution in [0.25, 0.3) is 0 Å². The minimum atomic E-state index is -0.219. The molecule has 1 atom stereocenters. The molecule has 4 rings (SSSR count). The molecule has 0 spiro atoms. The molecule has 3 aromatic rings. The number of anilines is 2. The van der Waals surface area contributed by atoms with Gasteiger partial charge in [-0.05, 0) is 54.3 Å². The number of hydrogen-bond acceptors (Lipinski definition) is 5. The van der Waals surface area contributed by atoms with Crippen LogP contribution in [0.15, 0.2) is 41.8 Å². The van der Waals surface area contributed by atoms with Crippen molar-refractivity contribution >= 4 is 45.2 Å². The highest BCUT2D eigenvalue weighted by molar-refractivity contribution is 7.17. The normalized spacial score (nSPS) is 15.4. The standard InChI is InChI=1S/C22H22N2O3S2/c1-13-9-10-14-18(12-13)29-22(24-20(25)17-8-5-11-28-17)19(14)21(26)23-15-6-3-4-7-16(15)27-2/h3-8,11,13H,9-10,12H2,1-2H3,(H,23,26)(H,24,25). The van der Waals surface area contributed by atoms with Crippen LogP contribution in [0.2, 0.25) is 0 Å². The van der Waals surface area contributed by atoms with Crippen molar-refractivity contribution in [2.45, 2.75) is 26.2 Å². The summed E-state index contributed by atoms with van der Waals surface area (Å²) < 4.78 is 5.35. The molecular weight excluding hydrogens is 404 g/mol. The molecule has 7 heteroatoms. The van der Waals surface area contributed by atoms with E-state index < -0.39 is 0 Å². The number of thiophene rings is 2. The molecule has 0 bridgehead atoms. The Bertz CT molecular complexity index is 1040. The second kappa shape index (κ2) is 8.39. The zero-order valence-electron chi connectivity index (χ0n) is 16.3. The van der Waals surface area contributed by atoms with Gasteiger partial charge in [0.15, 0.2) is 0 Å². The minimum Gasteiger partial charge on any atom is -0.495 e. The van der Waals surface area contributed by atoms with E-state index in [1.54, 1.807) is 19.2 Å². The fraction of sp³-hybridized carbons (Fsp3) is 0.273. The Balaban J connectivity index is 1.68. The molecule has 0 fully saturated rings. The average Bonchev–Trinajstić information content (AvgIpc) is 3.35. The van der Waals surface area contributed by atoms with Crippen LogP contribution in [0, 0.1) is 5.92 Å². The van der Waals surface area contributed by atoms with E-state index in [-0.39, 0.29) is 11.8 Å². The molecule has 2 aromatic heterocycles. The summed E-state index contributed by atoms with van der Waals surface area (Å²) in [5.41, 5.74) is 2.24. The highest BCUT2D eigenvalue weighted by Gasteiger charge is 2.29. The minimum absolute atomic E-state index is 0.182. The molecular formula is C22H22N2O3S2. The molecule has 0 saturated carbocycles. The zero-order valence-corrected chi connectivity index (χ0v) is 17.9. The number of fused-ring (bicyclic) bond motifs is 1. The molecule has 29 heavy (non-hydrogen) atoms. The summed E-state index contributed by atoms with van der Waals surface area (Å²) in [6.07, 6.45) is 2.82. The van der Waals surface area contributed by atoms with E-state index >= 15 is 0 Å². The lowest BCUT2D eigenvalue weighted by atomic mass is 9.88. The van der Waals surface area contributed by atoms with E-state index in [0.717, 1.165) is 24.8 Å². The summed E-state index contributed by atoms with van der Waals surface area (Å²) in [4.78, 5) is 27.7. The lowest BCUT2D eigenvalue weighted by molar-refractivity contribution is 0.102. The zero-order chi connectivity index (χ0) is 20.4. The maximum atomic E-state index is 13.3. The molecule has 1 unspecified atom stereocenters. The Labute approximate surface area is 177 Å². The first-order valence-corrected chi connectivity index (χ1v) is 11.2. The Morgan fingerprint density at radius 2 is 1.93 bits per heavy atom. The maximum absolute atomic E-state index is 13.3. The van der Waals surface area contributed by atoms with Gasteiger partial charge in [0.2, 0.25) is 0 Å². The summed E-state index contributed by atoms with van der Waals surface area (Å²) in [5, 5.41) is 8.43. The fourth-order valence-corrected chi connectivity index (χ4v) is 5.61. The number of ether oxygens (including phenoxy) is 1. The van der Waals surface area contributed by atoms with Crippen LogP contribution in [0.4, 0.5) is 10.7 Å². The lowest BCUT2D eigenvalue weighted by Crippen LogP contribution is -2.19. The number of rotatable bonds is 5. The molecule has 0 aliphatic heterocycles. The van der Waals surface area contributed by atoms with E-state index in [1.165, 1.54) is 27.6 Å². The summed E-state index contributed by atoms with van der Waals surface area (Å²) in [6, 6.07) is 10.9. The Kier molecular flexibility index (Phi) is 5.69. The van der Waals surface area contributed by atoms with Crippen LogP contribution in [-0.4, -0.2) is 18.9 Å². The molecule has 150 valence electrons. The predicted molar refractivity (Wildman–Crippen MR) is 119 cm³/mol. The van der Waals surface area contributed by atoms with Gasteiger partial charge in [-0.2, -0.15) is 0 Å². The summed E-state index contributed by atoms with van der Waals surface area (Å²) in [6.45, 7) is 2.22. The van der Waals surface area contributed by atoms with Crippen molar-refractivity contribution in [1.82, 2.24) is 0 Å². The highest BCUT2D eigenvalue weighted by atomic mass is 32.1. The second-order valence-electron chi connectivity index (χ2n) is 7.14. The van der Waals surface area contributed by atoms with Crippen molar-refractivity contribution in [2.24, 2.45) is 5.92 Å². The number of amides is 2. The first-order chi connectivity index (χ1) is 14.1. The molecule has 5 nitrogen and oxygen atoms in total. The third kappa shape index (κ3) is 4.06. The van der Waals surface area contributed by atoms with Crippen LogP contribution in [0.1, 0.15) is 43.8 Å². The smallest absolute Gasteiger partial charge is 0.266 e. The summed E-state index contributed by atoms with van der Waals surface area (Å²) >= 11 is 2.90. The van der Waals surface area contributed by atoms with Gasteiger partial charge < -0.3 is 15.4 Å². The molecule has 1 aliphatic rings. The van der Waals surface area contributed by atoms with E-state index in [1.807, 2.05) is 29.6 Å². The summed E-state index contributed by atoms with van der Waals surface area (Å²) in [7, 11) is 1.57.